The van der Waals surface area contributed by atoms with E-state index in [1.54, 1.807) is 0 Å². The zero-order valence-corrected chi connectivity index (χ0v) is 14.1. The molecule has 0 fully saturated rings. The van der Waals surface area contributed by atoms with Crippen LogP contribution in [-0.2, 0) is 6.42 Å². The molecule has 0 aliphatic heterocycles. The van der Waals surface area contributed by atoms with Gasteiger partial charge in [0.1, 0.15) is 0 Å². The van der Waals surface area contributed by atoms with Gasteiger partial charge in [-0.15, -0.1) is 6.58 Å². The molecule has 1 rings (SSSR count). The van der Waals surface area contributed by atoms with Crippen LogP contribution >= 0.6 is 0 Å². The Hall–Kier alpha value is -1.85. The van der Waals surface area contributed by atoms with Gasteiger partial charge in [-0.3, -0.25) is 4.99 Å². The van der Waals surface area contributed by atoms with Crippen molar-refractivity contribution in [3.63, 3.8) is 0 Å². The Morgan fingerprint density at radius 3 is 2.86 bits per heavy atom. The number of guanidine groups is 1. The standard InChI is InChI=1S/C16H29N5O/c1-5-7-8-9-10-13-21(4)16(17-6-2)18-12-11-15-19-14(3)20-22-15/h5H,1,6-13H2,2-4H3,(H,17,18). The number of aliphatic imine (C=N–C) groups is 1. The van der Waals surface area contributed by atoms with Crippen molar-refractivity contribution in [3.05, 3.63) is 24.4 Å². The molecule has 22 heavy (non-hydrogen) atoms. The summed E-state index contributed by atoms with van der Waals surface area (Å²) in [4.78, 5) is 11.0. The molecule has 1 N–H and O–H groups in total. The number of rotatable bonds is 10. The minimum absolute atomic E-state index is 0.643. The van der Waals surface area contributed by atoms with E-state index in [0.717, 1.165) is 31.9 Å². The summed E-state index contributed by atoms with van der Waals surface area (Å²) in [6, 6.07) is 0. The van der Waals surface area contributed by atoms with Crippen LogP contribution < -0.4 is 5.32 Å². The zero-order chi connectivity index (χ0) is 16.2. The molecule has 0 aromatic carbocycles. The lowest BCUT2D eigenvalue weighted by Crippen LogP contribution is -2.39. The largest absolute Gasteiger partial charge is 0.357 e. The summed E-state index contributed by atoms with van der Waals surface area (Å²) in [5, 5.41) is 7.10. The fourth-order valence-corrected chi connectivity index (χ4v) is 2.09. The number of hydrogen-bond acceptors (Lipinski definition) is 4. The first-order valence-electron chi connectivity index (χ1n) is 8.07. The van der Waals surface area contributed by atoms with Crippen LogP contribution in [0.2, 0.25) is 0 Å². The maximum atomic E-state index is 5.10. The average molecular weight is 307 g/mol. The van der Waals surface area contributed by atoms with E-state index in [4.69, 9.17) is 4.52 Å². The lowest BCUT2D eigenvalue weighted by atomic mass is 10.2. The van der Waals surface area contributed by atoms with E-state index in [9.17, 15) is 0 Å². The third-order valence-electron chi connectivity index (χ3n) is 3.26. The Bertz CT molecular complexity index is 455. The van der Waals surface area contributed by atoms with Gasteiger partial charge in [0.05, 0.1) is 6.54 Å². The van der Waals surface area contributed by atoms with Crippen molar-refractivity contribution in [2.75, 3.05) is 26.7 Å². The number of hydrogen-bond donors (Lipinski definition) is 1. The number of unbranched alkanes of at least 4 members (excludes halogenated alkanes) is 3. The van der Waals surface area contributed by atoms with E-state index in [1.165, 1.54) is 12.8 Å². The van der Waals surface area contributed by atoms with E-state index in [1.807, 2.05) is 13.0 Å². The van der Waals surface area contributed by atoms with Crippen LogP contribution in [0.3, 0.4) is 0 Å². The number of nitrogens with zero attached hydrogens (tertiary/aromatic N) is 4. The van der Waals surface area contributed by atoms with Crippen molar-refractivity contribution in [2.45, 2.75) is 46.0 Å². The third kappa shape index (κ3) is 7.24. The quantitative estimate of drug-likeness (QED) is 0.311. The summed E-state index contributed by atoms with van der Waals surface area (Å²) >= 11 is 0. The molecule has 0 amide bonds. The second kappa shape index (κ2) is 10.8. The molecular formula is C16H29N5O. The third-order valence-corrected chi connectivity index (χ3v) is 3.26. The Morgan fingerprint density at radius 2 is 2.23 bits per heavy atom. The molecule has 0 aliphatic carbocycles. The fraction of sp³-hybridized carbons (Fsp3) is 0.688. The molecule has 6 nitrogen and oxygen atoms in total. The summed E-state index contributed by atoms with van der Waals surface area (Å²) in [5.74, 6) is 2.24. The van der Waals surface area contributed by atoms with Crippen LogP contribution in [0.15, 0.2) is 22.2 Å². The molecule has 0 spiro atoms. The van der Waals surface area contributed by atoms with Crippen LogP contribution in [0.25, 0.3) is 0 Å². The van der Waals surface area contributed by atoms with Gasteiger partial charge >= 0.3 is 0 Å². The SMILES string of the molecule is C=CCCCCCN(C)C(=NCCc1nc(C)no1)NCC. The molecule has 0 atom stereocenters. The molecular weight excluding hydrogens is 278 g/mol. The lowest BCUT2D eigenvalue weighted by molar-refractivity contribution is 0.375. The van der Waals surface area contributed by atoms with Crippen LogP contribution in [-0.4, -0.2) is 47.7 Å². The molecule has 0 bridgehead atoms. The van der Waals surface area contributed by atoms with Gasteiger partial charge in [-0.2, -0.15) is 4.98 Å². The number of nitrogens with one attached hydrogen (secondary N) is 1. The number of aryl methyl sites for hydroxylation is 1. The van der Waals surface area contributed by atoms with Gasteiger partial charge in [0.25, 0.3) is 0 Å². The number of aromatic nitrogens is 2. The monoisotopic (exact) mass is 307 g/mol. The predicted octanol–water partition coefficient (Wildman–Crippen LogP) is 2.56. The highest BCUT2D eigenvalue weighted by molar-refractivity contribution is 5.79. The molecule has 6 heteroatoms. The van der Waals surface area contributed by atoms with Crippen molar-refractivity contribution in [3.8, 4) is 0 Å². The van der Waals surface area contributed by atoms with Crippen LogP contribution in [0, 0.1) is 6.92 Å². The summed E-state index contributed by atoms with van der Waals surface area (Å²) in [7, 11) is 2.08. The fourth-order valence-electron chi connectivity index (χ4n) is 2.09. The van der Waals surface area contributed by atoms with E-state index in [0.29, 0.717) is 24.7 Å². The summed E-state index contributed by atoms with van der Waals surface area (Å²) < 4.78 is 5.10. The highest BCUT2D eigenvalue weighted by atomic mass is 16.5. The van der Waals surface area contributed by atoms with E-state index in [2.05, 4.69) is 45.9 Å². The highest BCUT2D eigenvalue weighted by Crippen LogP contribution is 2.02. The lowest BCUT2D eigenvalue weighted by Gasteiger charge is -2.21. The van der Waals surface area contributed by atoms with Crippen molar-refractivity contribution in [2.24, 2.45) is 4.99 Å². The van der Waals surface area contributed by atoms with Crippen molar-refractivity contribution < 1.29 is 4.52 Å². The van der Waals surface area contributed by atoms with E-state index in [-0.39, 0.29) is 0 Å². The summed E-state index contributed by atoms with van der Waals surface area (Å²) in [5.41, 5.74) is 0. The average Bonchev–Trinajstić information content (AvgIpc) is 2.91. The predicted molar refractivity (Wildman–Crippen MR) is 90.0 cm³/mol. The maximum Gasteiger partial charge on any atom is 0.228 e. The van der Waals surface area contributed by atoms with Crippen LogP contribution in [0.1, 0.15) is 44.3 Å². The van der Waals surface area contributed by atoms with Crippen molar-refractivity contribution in [1.29, 1.82) is 0 Å². The summed E-state index contributed by atoms with van der Waals surface area (Å²) in [6.45, 7) is 10.2. The molecule has 0 aliphatic rings. The van der Waals surface area contributed by atoms with Crippen LogP contribution in [0.5, 0.6) is 0 Å². The minimum Gasteiger partial charge on any atom is -0.357 e. The normalized spacial score (nSPS) is 11.5. The van der Waals surface area contributed by atoms with Gasteiger partial charge in [0, 0.05) is 26.6 Å². The molecule has 1 aromatic heterocycles. The first-order valence-corrected chi connectivity index (χ1v) is 8.07. The van der Waals surface area contributed by atoms with Crippen molar-refractivity contribution in [1.82, 2.24) is 20.4 Å². The molecule has 0 unspecified atom stereocenters. The van der Waals surface area contributed by atoms with E-state index < -0.39 is 0 Å². The summed E-state index contributed by atoms with van der Waals surface area (Å²) in [6.07, 6.45) is 7.34. The number of allylic oxidation sites excluding steroid dienone is 1. The Morgan fingerprint density at radius 1 is 1.41 bits per heavy atom. The molecule has 0 saturated carbocycles. The molecule has 1 aromatic rings. The first kappa shape index (κ1) is 18.2. The van der Waals surface area contributed by atoms with Gasteiger partial charge in [-0.1, -0.05) is 17.7 Å². The van der Waals surface area contributed by atoms with Gasteiger partial charge < -0.3 is 14.7 Å². The van der Waals surface area contributed by atoms with Crippen LogP contribution in [0.4, 0.5) is 0 Å². The van der Waals surface area contributed by atoms with Crippen molar-refractivity contribution >= 4 is 5.96 Å². The Kier molecular flexibility index (Phi) is 8.95. The Labute approximate surface area is 133 Å². The minimum atomic E-state index is 0.643. The topological polar surface area (TPSA) is 66.5 Å². The highest BCUT2D eigenvalue weighted by Gasteiger charge is 2.06. The zero-order valence-electron chi connectivity index (χ0n) is 14.1. The van der Waals surface area contributed by atoms with Gasteiger partial charge in [0.2, 0.25) is 5.89 Å². The van der Waals surface area contributed by atoms with E-state index >= 15 is 0 Å². The molecule has 124 valence electrons. The smallest absolute Gasteiger partial charge is 0.228 e. The van der Waals surface area contributed by atoms with Gasteiger partial charge in [-0.25, -0.2) is 0 Å². The molecule has 0 saturated heterocycles. The second-order valence-electron chi connectivity index (χ2n) is 5.28. The Balaban J connectivity index is 2.37. The van der Waals surface area contributed by atoms with Gasteiger partial charge in [-0.05, 0) is 33.1 Å². The molecule has 1 heterocycles. The van der Waals surface area contributed by atoms with Gasteiger partial charge in [0.15, 0.2) is 11.8 Å². The molecule has 0 radical (unpaired) electrons. The second-order valence-corrected chi connectivity index (χ2v) is 5.28. The maximum absolute atomic E-state index is 5.10. The first-order chi connectivity index (χ1) is 10.7.